The molecule has 0 aliphatic rings. The summed E-state index contributed by atoms with van der Waals surface area (Å²) in [4.78, 5) is 11.5. The van der Waals surface area contributed by atoms with Crippen LogP contribution in [0.25, 0.3) is 0 Å². The van der Waals surface area contributed by atoms with Crippen molar-refractivity contribution < 1.29 is 14.1 Å². The number of ether oxygens (including phenoxy) is 1. The molecule has 0 saturated heterocycles. The largest absolute Gasteiger partial charge is 0.462 e. The lowest BCUT2D eigenvalue weighted by atomic mass is 9.97. The van der Waals surface area contributed by atoms with E-state index in [-0.39, 0.29) is 20.5 Å². The third-order valence-corrected chi connectivity index (χ3v) is 3.15. The predicted octanol–water partition coefficient (Wildman–Crippen LogP) is 2.64. The van der Waals surface area contributed by atoms with Gasteiger partial charge in [0.2, 0.25) is 0 Å². The molecule has 1 atom stereocenters. The quantitative estimate of drug-likeness (QED) is 0.522. The Hall–Kier alpha value is -0.430. The van der Waals surface area contributed by atoms with E-state index in [1.165, 1.54) is 0 Å². The number of carbonyl (C=O) groups excluding carboxylic acids is 1. The van der Waals surface area contributed by atoms with E-state index >= 15 is 0 Å². The fraction of sp³-hybridized carbons (Fsp3) is 0.889. The highest BCUT2D eigenvalue weighted by molar-refractivity contribution is 7.27. The SMILES string of the molecule is CC(C)OC(=O)C(C)(P=O)C(C)C. The summed E-state index contributed by atoms with van der Waals surface area (Å²) >= 11 is 0. The summed E-state index contributed by atoms with van der Waals surface area (Å²) in [7, 11) is -0.178. The molecule has 0 rings (SSSR count). The molecule has 0 heterocycles. The molecule has 0 radical (unpaired) electrons. The molecule has 0 aromatic rings. The highest BCUT2D eigenvalue weighted by atomic mass is 31.1. The first-order chi connectivity index (χ1) is 5.84. The van der Waals surface area contributed by atoms with E-state index in [1.54, 1.807) is 20.8 Å². The van der Waals surface area contributed by atoms with Crippen LogP contribution in [-0.4, -0.2) is 17.2 Å². The van der Waals surface area contributed by atoms with E-state index in [1.807, 2.05) is 13.8 Å². The van der Waals surface area contributed by atoms with Gasteiger partial charge < -0.3 is 4.74 Å². The van der Waals surface area contributed by atoms with Crippen LogP contribution >= 0.6 is 8.46 Å². The summed E-state index contributed by atoms with van der Waals surface area (Å²) in [6, 6.07) is 0. The lowest BCUT2D eigenvalue weighted by Crippen LogP contribution is -2.37. The van der Waals surface area contributed by atoms with Gasteiger partial charge >= 0.3 is 5.97 Å². The first-order valence-electron chi connectivity index (χ1n) is 4.40. The van der Waals surface area contributed by atoms with Crippen LogP contribution in [0.5, 0.6) is 0 Å². The molecule has 0 amide bonds. The monoisotopic (exact) mass is 204 g/mol. The molecule has 76 valence electrons. The average molecular weight is 204 g/mol. The number of hydrogen-bond acceptors (Lipinski definition) is 3. The summed E-state index contributed by atoms with van der Waals surface area (Å²) in [5.74, 6) is -0.396. The maximum absolute atomic E-state index is 11.5. The molecular formula is C9H17O3P. The first-order valence-corrected chi connectivity index (χ1v) is 5.21. The second-order valence-corrected chi connectivity index (χ2v) is 4.96. The van der Waals surface area contributed by atoms with Crippen molar-refractivity contribution in [2.45, 2.75) is 45.9 Å². The van der Waals surface area contributed by atoms with Crippen LogP contribution in [0, 0.1) is 5.92 Å². The Morgan fingerprint density at radius 1 is 1.31 bits per heavy atom. The summed E-state index contributed by atoms with van der Waals surface area (Å²) < 4.78 is 15.9. The first kappa shape index (κ1) is 12.6. The van der Waals surface area contributed by atoms with Gasteiger partial charge in [0, 0.05) is 0 Å². The maximum atomic E-state index is 11.5. The van der Waals surface area contributed by atoms with Gasteiger partial charge in [-0.3, -0.25) is 9.36 Å². The highest BCUT2D eigenvalue weighted by Crippen LogP contribution is 2.32. The summed E-state index contributed by atoms with van der Waals surface area (Å²) in [5, 5.41) is -0.912. The van der Waals surface area contributed by atoms with E-state index in [0.717, 1.165) is 0 Å². The van der Waals surface area contributed by atoms with Gasteiger partial charge in [-0.1, -0.05) is 13.8 Å². The minimum atomic E-state index is -0.912. The third kappa shape index (κ3) is 3.07. The van der Waals surface area contributed by atoms with E-state index in [0.29, 0.717) is 0 Å². The van der Waals surface area contributed by atoms with E-state index in [4.69, 9.17) is 4.74 Å². The van der Waals surface area contributed by atoms with Gasteiger partial charge in [0.05, 0.1) is 6.10 Å². The van der Waals surface area contributed by atoms with Crippen molar-refractivity contribution in [2.24, 2.45) is 5.92 Å². The van der Waals surface area contributed by atoms with Crippen molar-refractivity contribution in [3.63, 3.8) is 0 Å². The Bertz CT molecular complexity index is 201. The summed E-state index contributed by atoms with van der Waals surface area (Å²) in [6.45, 7) is 8.91. The molecule has 0 fully saturated rings. The molecule has 0 aliphatic heterocycles. The second-order valence-electron chi connectivity index (χ2n) is 3.85. The Balaban J connectivity index is 4.57. The molecule has 0 aromatic heterocycles. The molecule has 0 N–H and O–H groups in total. The number of rotatable bonds is 4. The van der Waals surface area contributed by atoms with Gasteiger partial charge in [-0.15, -0.1) is 0 Å². The maximum Gasteiger partial charge on any atom is 0.324 e. The van der Waals surface area contributed by atoms with Crippen molar-refractivity contribution in [1.82, 2.24) is 0 Å². The zero-order valence-corrected chi connectivity index (χ0v) is 9.72. The Morgan fingerprint density at radius 2 is 1.77 bits per heavy atom. The minimum Gasteiger partial charge on any atom is -0.462 e. The zero-order chi connectivity index (χ0) is 10.6. The summed E-state index contributed by atoms with van der Waals surface area (Å²) in [6.07, 6.45) is -0.160. The Morgan fingerprint density at radius 3 is 2.00 bits per heavy atom. The van der Waals surface area contributed by atoms with Gasteiger partial charge in [0.15, 0.2) is 8.46 Å². The van der Waals surface area contributed by atoms with Crippen LogP contribution in [0.2, 0.25) is 0 Å². The van der Waals surface area contributed by atoms with Gasteiger partial charge in [0.1, 0.15) is 5.16 Å². The third-order valence-electron chi connectivity index (χ3n) is 2.07. The Kier molecular flexibility index (Phi) is 4.55. The van der Waals surface area contributed by atoms with Gasteiger partial charge in [0.25, 0.3) is 0 Å². The standard InChI is InChI=1S/C9H17O3P/c1-6(2)9(5,13-11)8(10)12-7(3)4/h6-7H,1-5H3. The summed E-state index contributed by atoms with van der Waals surface area (Å²) in [5.41, 5.74) is 0. The lowest BCUT2D eigenvalue weighted by Gasteiger charge is -2.24. The normalized spacial score (nSPS) is 16.2. The second kappa shape index (κ2) is 4.71. The van der Waals surface area contributed by atoms with Crippen LogP contribution in [0.15, 0.2) is 0 Å². The van der Waals surface area contributed by atoms with Gasteiger partial charge in [-0.05, 0) is 26.7 Å². The fourth-order valence-electron chi connectivity index (χ4n) is 0.712. The topological polar surface area (TPSA) is 43.4 Å². The van der Waals surface area contributed by atoms with Crippen LogP contribution in [0.4, 0.5) is 0 Å². The zero-order valence-electron chi connectivity index (χ0n) is 8.83. The average Bonchev–Trinajstić information content (AvgIpc) is 2.01. The fourth-order valence-corrected chi connectivity index (χ4v) is 1.05. The highest BCUT2D eigenvalue weighted by Gasteiger charge is 2.39. The van der Waals surface area contributed by atoms with Gasteiger partial charge in [-0.2, -0.15) is 0 Å². The molecule has 3 nitrogen and oxygen atoms in total. The predicted molar refractivity (Wildman–Crippen MR) is 52.1 cm³/mol. The number of esters is 1. The van der Waals surface area contributed by atoms with Crippen molar-refractivity contribution in [1.29, 1.82) is 0 Å². The Labute approximate surface area is 81.1 Å². The lowest BCUT2D eigenvalue weighted by molar-refractivity contribution is -0.151. The smallest absolute Gasteiger partial charge is 0.324 e. The van der Waals surface area contributed by atoms with Crippen molar-refractivity contribution >= 4 is 14.4 Å². The van der Waals surface area contributed by atoms with Gasteiger partial charge in [-0.25, -0.2) is 0 Å². The molecular weight excluding hydrogens is 187 g/mol. The van der Waals surface area contributed by atoms with Crippen molar-refractivity contribution in [3.8, 4) is 0 Å². The van der Waals surface area contributed by atoms with Crippen LogP contribution < -0.4 is 0 Å². The number of carbonyl (C=O) groups is 1. The molecule has 0 spiro atoms. The molecule has 0 bridgehead atoms. The van der Waals surface area contributed by atoms with E-state index in [9.17, 15) is 9.36 Å². The van der Waals surface area contributed by atoms with Crippen LogP contribution in [0.3, 0.4) is 0 Å². The minimum absolute atomic E-state index is 0.00193. The molecule has 13 heavy (non-hydrogen) atoms. The number of hydrogen-bond donors (Lipinski definition) is 0. The van der Waals surface area contributed by atoms with Crippen molar-refractivity contribution in [3.05, 3.63) is 0 Å². The molecule has 0 saturated carbocycles. The van der Waals surface area contributed by atoms with Crippen LogP contribution in [-0.2, 0) is 14.1 Å². The molecule has 4 heteroatoms. The van der Waals surface area contributed by atoms with E-state index in [2.05, 4.69) is 0 Å². The van der Waals surface area contributed by atoms with Crippen LogP contribution in [0.1, 0.15) is 34.6 Å². The van der Waals surface area contributed by atoms with Crippen molar-refractivity contribution in [2.75, 3.05) is 0 Å². The molecule has 1 unspecified atom stereocenters. The van der Waals surface area contributed by atoms with E-state index < -0.39 is 11.1 Å². The molecule has 0 aromatic carbocycles. The molecule has 0 aliphatic carbocycles.